The number of carbonyl (C=O) groups is 1. The summed E-state index contributed by atoms with van der Waals surface area (Å²) < 4.78 is 0. The topological polar surface area (TPSA) is 61.4 Å². The molecule has 0 saturated carbocycles. The highest BCUT2D eigenvalue weighted by Crippen LogP contribution is 2.22. The summed E-state index contributed by atoms with van der Waals surface area (Å²) in [5, 5.41) is 15.4. The average Bonchev–Trinajstić information content (AvgIpc) is 2.67. The van der Waals surface area contributed by atoms with Crippen LogP contribution in [0.5, 0.6) is 5.75 Å². The van der Waals surface area contributed by atoms with Gasteiger partial charge in [-0.05, 0) is 53.1 Å². The van der Waals surface area contributed by atoms with Gasteiger partial charge >= 0.3 is 0 Å². The predicted octanol–water partition coefficient (Wildman–Crippen LogP) is 4.03. The summed E-state index contributed by atoms with van der Waals surface area (Å²) in [5.41, 5.74) is 4.67. The van der Waals surface area contributed by atoms with Crippen LogP contribution >= 0.6 is 0 Å². The van der Waals surface area contributed by atoms with Gasteiger partial charge in [-0.25, -0.2) is 0 Å². The highest BCUT2D eigenvalue weighted by molar-refractivity contribution is 5.94. The van der Waals surface area contributed by atoms with Crippen molar-refractivity contribution in [3.63, 3.8) is 0 Å². The van der Waals surface area contributed by atoms with Crippen LogP contribution in [0, 0.1) is 0 Å². The SMILES string of the molecule is CNc1cccc(CNC(=O)c2ccc(-c3ccc(O)cc3)cc2)c1. The molecule has 0 heterocycles. The van der Waals surface area contributed by atoms with Crippen molar-refractivity contribution in [2.75, 3.05) is 12.4 Å². The Morgan fingerprint density at radius 1 is 0.920 bits per heavy atom. The molecule has 0 aromatic heterocycles. The summed E-state index contributed by atoms with van der Waals surface area (Å²) in [6.07, 6.45) is 0. The second-order valence-electron chi connectivity index (χ2n) is 5.76. The normalized spacial score (nSPS) is 10.3. The number of hydrogen-bond acceptors (Lipinski definition) is 3. The van der Waals surface area contributed by atoms with Gasteiger partial charge in [0.25, 0.3) is 5.91 Å². The van der Waals surface area contributed by atoms with E-state index in [2.05, 4.69) is 10.6 Å². The fourth-order valence-electron chi connectivity index (χ4n) is 2.59. The lowest BCUT2D eigenvalue weighted by molar-refractivity contribution is 0.0951. The highest BCUT2D eigenvalue weighted by Gasteiger charge is 2.06. The van der Waals surface area contributed by atoms with Crippen LogP contribution in [0.25, 0.3) is 11.1 Å². The molecule has 25 heavy (non-hydrogen) atoms. The van der Waals surface area contributed by atoms with Crippen molar-refractivity contribution >= 4 is 11.6 Å². The van der Waals surface area contributed by atoms with Crippen molar-refractivity contribution in [2.24, 2.45) is 0 Å². The molecule has 3 aromatic carbocycles. The van der Waals surface area contributed by atoms with E-state index in [4.69, 9.17) is 0 Å². The van der Waals surface area contributed by atoms with Gasteiger partial charge in [0.1, 0.15) is 5.75 Å². The zero-order valence-corrected chi connectivity index (χ0v) is 14.0. The van der Waals surface area contributed by atoms with E-state index < -0.39 is 0 Å². The minimum Gasteiger partial charge on any atom is -0.508 e. The maximum atomic E-state index is 12.3. The van der Waals surface area contributed by atoms with Crippen LogP contribution in [0.3, 0.4) is 0 Å². The molecule has 3 N–H and O–H groups in total. The predicted molar refractivity (Wildman–Crippen MR) is 101 cm³/mol. The fraction of sp³-hybridized carbons (Fsp3) is 0.0952. The van der Waals surface area contributed by atoms with E-state index in [9.17, 15) is 9.90 Å². The van der Waals surface area contributed by atoms with Crippen LogP contribution < -0.4 is 10.6 Å². The number of hydrogen-bond donors (Lipinski definition) is 3. The highest BCUT2D eigenvalue weighted by atomic mass is 16.3. The molecule has 0 fully saturated rings. The Morgan fingerprint density at radius 2 is 1.56 bits per heavy atom. The third-order valence-corrected chi connectivity index (χ3v) is 4.02. The molecule has 3 rings (SSSR count). The lowest BCUT2D eigenvalue weighted by Crippen LogP contribution is -2.22. The van der Waals surface area contributed by atoms with E-state index in [0.29, 0.717) is 12.1 Å². The first-order valence-electron chi connectivity index (χ1n) is 8.10. The van der Waals surface area contributed by atoms with E-state index in [1.807, 2.05) is 67.7 Å². The van der Waals surface area contributed by atoms with Crippen LogP contribution in [-0.4, -0.2) is 18.1 Å². The molecule has 0 radical (unpaired) electrons. The van der Waals surface area contributed by atoms with Crippen molar-refractivity contribution in [2.45, 2.75) is 6.54 Å². The number of phenolic OH excluding ortho intramolecular Hbond substituents is 1. The largest absolute Gasteiger partial charge is 0.508 e. The molecule has 0 aliphatic carbocycles. The summed E-state index contributed by atoms with van der Waals surface area (Å²) in [5.74, 6) is 0.134. The van der Waals surface area contributed by atoms with Crippen LogP contribution in [0.4, 0.5) is 5.69 Å². The van der Waals surface area contributed by atoms with Crippen molar-refractivity contribution < 1.29 is 9.90 Å². The second kappa shape index (κ2) is 7.53. The minimum absolute atomic E-state index is 0.105. The van der Waals surface area contributed by atoms with Crippen molar-refractivity contribution in [3.05, 3.63) is 83.9 Å². The van der Waals surface area contributed by atoms with Crippen molar-refractivity contribution in [3.8, 4) is 16.9 Å². The lowest BCUT2D eigenvalue weighted by Gasteiger charge is -2.08. The van der Waals surface area contributed by atoms with Gasteiger partial charge in [0.15, 0.2) is 0 Å². The summed E-state index contributed by atoms with van der Waals surface area (Å²) in [6, 6.07) is 22.3. The smallest absolute Gasteiger partial charge is 0.251 e. The lowest BCUT2D eigenvalue weighted by atomic mass is 10.0. The van der Waals surface area contributed by atoms with Gasteiger partial charge in [-0.2, -0.15) is 0 Å². The number of rotatable bonds is 5. The van der Waals surface area contributed by atoms with Crippen LogP contribution in [0.2, 0.25) is 0 Å². The quantitative estimate of drug-likeness (QED) is 0.661. The number of anilines is 1. The standard InChI is InChI=1S/C21H20N2O2/c1-22-19-4-2-3-15(13-19)14-23-21(25)18-7-5-16(6-8-18)17-9-11-20(24)12-10-17/h2-13,22,24H,14H2,1H3,(H,23,25). The number of aromatic hydroxyl groups is 1. The monoisotopic (exact) mass is 332 g/mol. The molecule has 4 nitrogen and oxygen atoms in total. The molecule has 0 aliphatic rings. The van der Waals surface area contributed by atoms with Crippen molar-refractivity contribution in [1.82, 2.24) is 5.32 Å². The molecule has 0 spiro atoms. The van der Waals surface area contributed by atoms with E-state index >= 15 is 0 Å². The fourth-order valence-corrected chi connectivity index (χ4v) is 2.59. The van der Waals surface area contributed by atoms with Crippen LogP contribution in [0.15, 0.2) is 72.8 Å². The Labute approximate surface area is 147 Å². The van der Waals surface area contributed by atoms with E-state index in [1.165, 1.54) is 0 Å². The zero-order valence-electron chi connectivity index (χ0n) is 14.0. The molecule has 126 valence electrons. The van der Waals surface area contributed by atoms with Gasteiger partial charge < -0.3 is 15.7 Å². The number of nitrogens with one attached hydrogen (secondary N) is 2. The number of amides is 1. The summed E-state index contributed by atoms with van der Waals surface area (Å²) >= 11 is 0. The first kappa shape index (κ1) is 16.6. The Hall–Kier alpha value is -3.27. The Bertz CT molecular complexity index is 856. The number of benzene rings is 3. The molecule has 0 unspecified atom stereocenters. The van der Waals surface area contributed by atoms with Gasteiger partial charge in [-0.3, -0.25) is 4.79 Å². The van der Waals surface area contributed by atoms with Gasteiger partial charge in [-0.1, -0.05) is 36.4 Å². The molecule has 3 aromatic rings. The third kappa shape index (κ3) is 4.18. The van der Waals surface area contributed by atoms with Gasteiger partial charge in [-0.15, -0.1) is 0 Å². The number of carbonyl (C=O) groups excluding carboxylic acids is 1. The van der Waals surface area contributed by atoms with Crippen LogP contribution in [-0.2, 0) is 6.54 Å². The molecular formula is C21H20N2O2. The van der Waals surface area contributed by atoms with E-state index in [0.717, 1.165) is 22.4 Å². The number of phenols is 1. The average molecular weight is 332 g/mol. The van der Waals surface area contributed by atoms with Gasteiger partial charge in [0.2, 0.25) is 0 Å². The molecule has 0 aliphatic heterocycles. The summed E-state index contributed by atoms with van der Waals surface area (Å²) in [6.45, 7) is 0.480. The van der Waals surface area contributed by atoms with E-state index in [-0.39, 0.29) is 11.7 Å². The second-order valence-corrected chi connectivity index (χ2v) is 5.76. The van der Waals surface area contributed by atoms with Gasteiger partial charge in [0, 0.05) is 24.8 Å². The molecule has 4 heteroatoms. The first-order chi connectivity index (χ1) is 12.2. The van der Waals surface area contributed by atoms with Gasteiger partial charge in [0.05, 0.1) is 0 Å². The zero-order chi connectivity index (χ0) is 17.6. The molecule has 0 saturated heterocycles. The molecule has 0 atom stereocenters. The molecular weight excluding hydrogens is 312 g/mol. The van der Waals surface area contributed by atoms with Crippen LogP contribution in [0.1, 0.15) is 15.9 Å². The summed E-state index contributed by atoms with van der Waals surface area (Å²) in [7, 11) is 1.87. The Balaban J connectivity index is 1.65. The Morgan fingerprint density at radius 3 is 2.20 bits per heavy atom. The van der Waals surface area contributed by atoms with Crippen molar-refractivity contribution in [1.29, 1.82) is 0 Å². The summed E-state index contributed by atoms with van der Waals surface area (Å²) in [4.78, 5) is 12.3. The minimum atomic E-state index is -0.105. The first-order valence-corrected chi connectivity index (χ1v) is 8.10. The van der Waals surface area contributed by atoms with E-state index in [1.54, 1.807) is 12.1 Å². The maximum Gasteiger partial charge on any atom is 0.251 e. The molecule has 1 amide bonds. The Kier molecular flexibility index (Phi) is 5.00. The molecule has 0 bridgehead atoms. The third-order valence-electron chi connectivity index (χ3n) is 4.02. The maximum absolute atomic E-state index is 12.3.